The average Bonchev–Trinajstić information content (AvgIpc) is 2.72. The van der Waals surface area contributed by atoms with Crippen molar-refractivity contribution in [1.29, 1.82) is 0 Å². The quantitative estimate of drug-likeness (QED) is 0.320. The Labute approximate surface area is 221 Å². The molecule has 8 nitrogen and oxygen atoms in total. The Bertz CT molecular complexity index is 896. The van der Waals surface area contributed by atoms with Crippen LogP contribution >= 0.6 is 69.6 Å². The molecule has 0 saturated heterocycles. The number of halogens is 6. The number of esters is 2. The molecule has 0 aliphatic carbocycles. The molecule has 0 fully saturated rings. The van der Waals surface area contributed by atoms with Crippen LogP contribution in [0.3, 0.4) is 0 Å². The smallest absolute Gasteiger partial charge is 0.325 e. The monoisotopic (exact) mass is 578 g/mol. The van der Waals surface area contributed by atoms with Crippen LogP contribution < -0.4 is 9.80 Å². The Hall–Kier alpha value is -1.16. The lowest BCUT2D eigenvalue weighted by Crippen LogP contribution is -2.53. The van der Waals surface area contributed by atoms with E-state index in [2.05, 4.69) is 9.98 Å². The zero-order valence-corrected chi connectivity index (χ0v) is 22.0. The van der Waals surface area contributed by atoms with Crippen molar-refractivity contribution < 1.29 is 19.1 Å². The van der Waals surface area contributed by atoms with Crippen molar-refractivity contribution in [2.24, 2.45) is 9.98 Å². The van der Waals surface area contributed by atoms with Gasteiger partial charge in [-0.15, -0.1) is 0 Å². The Morgan fingerprint density at radius 3 is 2.03 bits per heavy atom. The molecule has 14 heteroatoms. The molecule has 0 saturated carbocycles. The number of hydrogen-bond donors (Lipinski definition) is 0. The standard InChI is InChI=1S/C19H20Cl6N4O4/c1-3-32-14(30)9-28(10-15(31)33-4-2)12-7-5-6-8-13(12)29-16(18(20,21)22)26-11-27-17(29)19(23,24)25/h5-8,11,16H,3-4,9-10H2,1-2H3. The molecule has 0 aromatic heterocycles. The molecule has 182 valence electrons. The predicted octanol–water partition coefficient (Wildman–Crippen LogP) is 4.93. The molecular weight excluding hydrogens is 561 g/mol. The number of alkyl halides is 6. The van der Waals surface area contributed by atoms with Crippen LogP contribution in [0.5, 0.6) is 0 Å². The molecule has 33 heavy (non-hydrogen) atoms. The molecule has 1 aliphatic heterocycles. The lowest BCUT2D eigenvalue weighted by Gasteiger charge is -2.40. The molecule has 0 bridgehead atoms. The summed E-state index contributed by atoms with van der Waals surface area (Å²) in [4.78, 5) is 35.6. The summed E-state index contributed by atoms with van der Waals surface area (Å²) >= 11 is 37.0. The second kappa shape index (κ2) is 12.0. The van der Waals surface area contributed by atoms with Gasteiger partial charge >= 0.3 is 11.9 Å². The minimum absolute atomic E-state index is 0.0986. The highest BCUT2D eigenvalue weighted by Crippen LogP contribution is 2.44. The molecule has 1 heterocycles. The molecule has 1 aromatic rings. The van der Waals surface area contributed by atoms with Crippen LogP contribution in [0.25, 0.3) is 0 Å². The molecule has 0 radical (unpaired) electrons. The summed E-state index contributed by atoms with van der Waals surface area (Å²) in [5.74, 6) is -1.23. The van der Waals surface area contributed by atoms with Crippen molar-refractivity contribution in [2.75, 3.05) is 36.1 Å². The molecule has 1 aliphatic rings. The largest absolute Gasteiger partial charge is 0.465 e. The summed E-state index contributed by atoms with van der Waals surface area (Å²) in [6.45, 7) is 3.10. The van der Waals surface area contributed by atoms with Gasteiger partial charge in [-0.3, -0.25) is 14.5 Å². The first-order valence-corrected chi connectivity index (χ1v) is 11.8. The third-order valence-corrected chi connectivity index (χ3v) is 5.23. The van der Waals surface area contributed by atoms with E-state index < -0.39 is 25.7 Å². The van der Waals surface area contributed by atoms with Crippen LogP contribution in [-0.2, 0) is 19.1 Å². The third-order valence-electron chi connectivity index (χ3n) is 4.14. The second-order valence-electron chi connectivity index (χ2n) is 6.46. The highest BCUT2D eigenvalue weighted by Gasteiger charge is 2.46. The molecule has 2 rings (SSSR count). The van der Waals surface area contributed by atoms with Gasteiger partial charge in [0.05, 0.1) is 24.6 Å². The van der Waals surface area contributed by atoms with Crippen LogP contribution in [0.1, 0.15) is 13.8 Å². The number of anilines is 2. The number of benzene rings is 1. The predicted molar refractivity (Wildman–Crippen MR) is 135 cm³/mol. The lowest BCUT2D eigenvalue weighted by atomic mass is 10.2. The van der Waals surface area contributed by atoms with E-state index in [0.29, 0.717) is 11.4 Å². The summed E-state index contributed by atoms with van der Waals surface area (Å²) in [6.07, 6.45) is -0.0587. The summed E-state index contributed by atoms with van der Waals surface area (Å²) in [5.41, 5.74) is 0.668. The number of para-hydroxylation sites is 2. The van der Waals surface area contributed by atoms with E-state index in [-0.39, 0.29) is 32.1 Å². The molecule has 1 unspecified atom stereocenters. The van der Waals surface area contributed by atoms with Crippen LogP contribution in [-0.4, -0.2) is 64.2 Å². The first kappa shape index (κ1) is 28.1. The number of carbonyl (C=O) groups excluding carboxylic acids is 2. The van der Waals surface area contributed by atoms with E-state index in [4.69, 9.17) is 79.1 Å². The maximum Gasteiger partial charge on any atom is 0.325 e. The minimum Gasteiger partial charge on any atom is -0.465 e. The maximum absolute atomic E-state index is 12.3. The van der Waals surface area contributed by atoms with E-state index in [1.165, 1.54) is 9.80 Å². The van der Waals surface area contributed by atoms with Gasteiger partial charge in [0.1, 0.15) is 19.4 Å². The topological polar surface area (TPSA) is 83.8 Å². The second-order valence-corrected chi connectivity index (χ2v) is 11.1. The van der Waals surface area contributed by atoms with E-state index >= 15 is 0 Å². The average molecular weight is 581 g/mol. The highest BCUT2D eigenvalue weighted by atomic mass is 35.6. The zero-order valence-electron chi connectivity index (χ0n) is 17.5. The number of hydrogen-bond acceptors (Lipinski definition) is 8. The first-order valence-electron chi connectivity index (χ1n) is 9.57. The van der Waals surface area contributed by atoms with Gasteiger partial charge in [0.25, 0.3) is 0 Å². The summed E-state index contributed by atoms with van der Waals surface area (Å²) in [5, 5.41) is 0. The summed E-state index contributed by atoms with van der Waals surface area (Å²) < 4.78 is 6.11. The Balaban J connectivity index is 2.63. The van der Waals surface area contributed by atoms with Gasteiger partial charge in [-0.2, -0.15) is 0 Å². The Morgan fingerprint density at radius 2 is 1.55 bits per heavy atom. The van der Waals surface area contributed by atoms with Crippen molar-refractivity contribution in [3.8, 4) is 0 Å². The SMILES string of the molecule is CCOC(=O)CN(CC(=O)OCC)c1ccccc1N1C(C(Cl)(Cl)Cl)=NC=NC1C(Cl)(Cl)Cl. The van der Waals surface area contributed by atoms with E-state index in [0.717, 1.165) is 6.34 Å². The van der Waals surface area contributed by atoms with Crippen LogP contribution in [0.2, 0.25) is 0 Å². The normalized spacial score (nSPS) is 16.3. The van der Waals surface area contributed by atoms with Gasteiger partial charge in [-0.1, -0.05) is 81.7 Å². The van der Waals surface area contributed by atoms with Gasteiger partial charge in [-0.05, 0) is 26.0 Å². The number of amidine groups is 1. The Kier molecular flexibility index (Phi) is 10.2. The number of carbonyl (C=O) groups is 2. The minimum atomic E-state index is -2.03. The fraction of sp³-hybridized carbons (Fsp3) is 0.474. The molecular formula is C19H20Cl6N4O4. The molecule has 0 spiro atoms. The summed E-state index contributed by atoms with van der Waals surface area (Å²) in [6, 6.07) is 6.62. The van der Waals surface area contributed by atoms with Crippen molar-refractivity contribution in [1.82, 2.24) is 0 Å². The van der Waals surface area contributed by atoms with E-state index in [1.54, 1.807) is 38.1 Å². The van der Waals surface area contributed by atoms with Gasteiger partial charge < -0.3 is 14.4 Å². The van der Waals surface area contributed by atoms with Gasteiger partial charge in [0, 0.05) is 0 Å². The Morgan fingerprint density at radius 1 is 1.00 bits per heavy atom. The lowest BCUT2D eigenvalue weighted by molar-refractivity contribution is -0.142. The fourth-order valence-electron chi connectivity index (χ4n) is 2.97. The van der Waals surface area contributed by atoms with E-state index in [1.807, 2.05) is 0 Å². The summed E-state index contributed by atoms with van der Waals surface area (Å²) in [7, 11) is 0. The van der Waals surface area contributed by atoms with Gasteiger partial charge in [0.15, 0.2) is 12.0 Å². The van der Waals surface area contributed by atoms with E-state index in [9.17, 15) is 9.59 Å². The van der Waals surface area contributed by atoms with Crippen molar-refractivity contribution in [3.63, 3.8) is 0 Å². The molecule has 0 N–H and O–H groups in total. The number of aliphatic imine (C=N–C) groups is 2. The van der Waals surface area contributed by atoms with Gasteiger partial charge in [0.2, 0.25) is 7.59 Å². The number of nitrogens with zero attached hydrogens (tertiary/aromatic N) is 4. The molecule has 0 amide bonds. The maximum atomic E-state index is 12.3. The van der Waals surface area contributed by atoms with Crippen molar-refractivity contribution >= 4 is 105 Å². The van der Waals surface area contributed by atoms with Gasteiger partial charge in [-0.25, -0.2) is 9.98 Å². The number of ether oxygens (including phenoxy) is 2. The molecule has 1 aromatic carbocycles. The van der Waals surface area contributed by atoms with Crippen LogP contribution in [0, 0.1) is 0 Å². The van der Waals surface area contributed by atoms with Crippen molar-refractivity contribution in [2.45, 2.75) is 27.6 Å². The van der Waals surface area contributed by atoms with Crippen LogP contribution in [0.15, 0.2) is 34.3 Å². The van der Waals surface area contributed by atoms with Crippen molar-refractivity contribution in [3.05, 3.63) is 24.3 Å². The fourth-order valence-corrected chi connectivity index (χ4v) is 3.85. The zero-order chi connectivity index (χ0) is 24.8. The first-order chi connectivity index (χ1) is 15.4. The third kappa shape index (κ3) is 7.67. The van der Waals surface area contributed by atoms with Crippen LogP contribution in [0.4, 0.5) is 11.4 Å². The highest BCUT2D eigenvalue weighted by molar-refractivity contribution is 6.78. The molecule has 1 atom stereocenters. The number of rotatable bonds is 8.